The minimum absolute atomic E-state index is 0.166. The summed E-state index contributed by atoms with van der Waals surface area (Å²) in [5, 5.41) is 31.8. The summed E-state index contributed by atoms with van der Waals surface area (Å²) in [6, 6.07) is 4.40. The van der Waals surface area contributed by atoms with Crippen molar-refractivity contribution < 1.29 is 15.3 Å². The summed E-state index contributed by atoms with van der Waals surface area (Å²) in [6.07, 6.45) is 6.86. The van der Waals surface area contributed by atoms with E-state index in [1.54, 1.807) is 6.07 Å². The van der Waals surface area contributed by atoms with Gasteiger partial charge in [-0.15, -0.1) is 0 Å². The molecule has 0 saturated heterocycles. The van der Waals surface area contributed by atoms with Gasteiger partial charge in [0, 0.05) is 6.54 Å². The molecule has 0 aliphatic rings. The highest BCUT2D eigenvalue weighted by Gasteiger charge is 2.09. The summed E-state index contributed by atoms with van der Waals surface area (Å²) in [5.74, 6) is -0.363. The molecule has 0 spiro atoms. The van der Waals surface area contributed by atoms with E-state index in [9.17, 15) is 15.3 Å². The first-order valence-electron chi connectivity index (χ1n) is 7.55. The molecule has 0 saturated carbocycles. The second kappa shape index (κ2) is 9.61. The van der Waals surface area contributed by atoms with E-state index in [0.29, 0.717) is 12.1 Å². The van der Waals surface area contributed by atoms with Crippen molar-refractivity contribution in [3.63, 3.8) is 0 Å². The normalized spacial score (nSPS) is 12.5. The molecule has 0 aromatic heterocycles. The number of aromatic hydroxyl groups is 2. The van der Waals surface area contributed by atoms with Crippen LogP contribution in [0.25, 0.3) is 0 Å². The van der Waals surface area contributed by atoms with Crippen molar-refractivity contribution >= 4 is 0 Å². The number of phenols is 2. The topological polar surface area (TPSA) is 72.7 Å². The van der Waals surface area contributed by atoms with Crippen molar-refractivity contribution in [3.05, 3.63) is 23.8 Å². The van der Waals surface area contributed by atoms with Crippen LogP contribution in [0.2, 0.25) is 0 Å². The maximum atomic E-state index is 9.95. The van der Waals surface area contributed by atoms with Gasteiger partial charge in [0.05, 0.1) is 6.10 Å². The second-order valence-electron chi connectivity index (χ2n) is 5.24. The molecule has 1 unspecified atom stereocenters. The quantitative estimate of drug-likeness (QED) is 0.393. The van der Waals surface area contributed by atoms with Crippen LogP contribution in [0.3, 0.4) is 0 Å². The molecule has 0 amide bonds. The third-order valence-electron chi connectivity index (χ3n) is 3.43. The first-order chi connectivity index (χ1) is 9.65. The molecule has 1 aromatic rings. The van der Waals surface area contributed by atoms with Crippen LogP contribution in [0.4, 0.5) is 0 Å². The highest BCUT2D eigenvalue weighted by Crippen LogP contribution is 2.27. The van der Waals surface area contributed by atoms with Crippen LogP contribution in [0.1, 0.15) is 57.1 Å². The van der Waals surface area contributed by atoms with Gasteiger partial charge in [-0.1, -0.05) is 45.1 Å². The zero-order chi connectivity index (χ0) is 14.8. The van der Waals surface area contributed by atoms with Crippen molar-refractivity contribution in [2.24, 2.45) is 0 Å². The van der Waals surface area contributed by atoms with E-state index in [0.717, 1.165) is 13.0 Å². The van der Waals surface area contributed by atoms with Crippen LogP contribution < -0.4 is 5.32 Å². The molecule has 4 N–H and O–H groups in total. The van der Waals surface area contributed by atoms with E-state index in [4.69, 9.17) is 0 Å². The van der Waals surface area contributed by atoms with Crippen LogP contribution in [0, 0.1) is 0 Å². The van der Waals surface area contributed by atoms with Gasteiger partial charge in [0.2, 0.25) is 0 Å². The smallest absolute Gasteiger partial charge is 0.157 e. The fraction of sp³-hybridized carbons (Fsp3) is 0.625. The number of aliphatic hydroxyl groups excluding tert-OH is 1. The molecule has 4 nitrogen and oxygen atoms in total. The Morgan fingerprint density at radius 2 is 1.70 bits per heavy atom. The lowest BCUT2D eigenvalue weighted by molar-refractivity contribution is 0.174. The lowest BCUT2D eigenvalue weighted by Crippen LogP contribution is -2.22. The maximum Gasteiger partial charge on any atom is 0.157 e. The molecule has 114 valence electrons. The molecule has 0 aliphatic carbocycles. The van der Waals surface area contributed by atoms with E-state index >= 15 is 0 Å². The summed E-state index contributed by atoms with van der Waals surface area (Å²) >= 11 is 0. The highest BCUT2D eigenvalue weighted by molar-refractivity contribution is 5.41. The van der Waals surface area contributed by atoms with Crippen LogP contribution >= 0.6 is 0 Å². The molecule has 20 heavy (non-hydrogen) atoms. The third-order valence-corrected chi connectivity index (χ3v) is 3.43. The Hall–Kier alpha value is -1.26. The zero-order valence-corrected chi connectivity index (χ0v) is 12.3. The van der Waals surface area contributed by atoms with Crippen molar-refractivity contribution in [1.29, 1.82) is 0 Å². The summed E-state index contributed by atoms with van der Waals surface area (Å²) in [5.41, 5.74) is 0.607. The summed E-state index contributed by atoms with van der Waals surface area (Å²) < 4.78 is 0. The van der Waals surface area contributed by atoms with Gasteiger partial charge in [0.1, 0.15) is 0 Å². The third kappa shape index (κ3) is 6.26. The Morgan fingerprint density at radius 3 is 2.40 bits per heavy atom. The SMILES string of the molecule is CCCCCCCCNCC(O)c1ccc(O)c(O)c1. The van der Waals surface area contributed by atoms with Crippen LogP contribution in [-0.4, -0.2) is 28.4 Å². The number of aliphatic hydroxyl groups is 1. The largest absolute Gasteiger partial charge is 0.504 e. The number of hydrogen-bond donors (Lipinski definition) is 4. The lowest BCUT2D eigenvalue weighted by atomic mass is 10.1. The minimum atomic E-state index is -0.665. The number of rotatable bonds is 10. The molecule has 0 fully saturated rings. The van der Waals surface area contributed by atoms with Gasteiger partial charge in [-0.05, 0) is 30.7 Å². The summed E-state index contributed by atoms with van der Waals surface area (Å²) in [7, 11) is 0. The zero-order valence-electron chi connectivity index (χ0n) is 12.3. The Labute approximate surface area is 121 Å². The number of nitrogens with one attached hydrogen (secondary N) is 1. The van der Waals surface area contributed by atoms with Gasteiger partial charge in [0.25, 0.3) is 0 Å². The molecule has 0 radical (unpaired) electrons. The average Bonchev–Trinajstić information content (AvgIpc) is 2.44. The van der Waals surface area contributed by atoms with E-state index in [-0.39, 0.29) is 11.5 Å². The van der Waals surface area contributed by atoms with Gasteiger partial charge >= 0.3 is 0 Å². The molecule has 0 bridgehead atoms. The van der Waals surface area contributed by atoms with E-state index in [1.807, 2.05) is 0 Å². The van der Waals surface area contributed by atoms with Crippen LogP contribution in [0.5, 0.6) is 11.5 Å². The number of benzene rings is 1. The van der Waals surface area contributed by atoms with E-state index in [1.165, 1.54) is 44.2 Å². The second-order valence-corrected chi connectivity index (χ2v) is 5.24. The Morgan fingerprint density at radius 1 is 1.00 bits per heavy atom. The molecule has 0 heterocycles. The predicted octanol–water partition coefficient (Wildman–Crippen LogP) is 3.08. The summed E-state index contributed by atoms with van der Waals surface area (Å²) in [4.78, 5) is 0. The predicted molar refractivity (Wildman–Crippen MR) is 81.0 cm³/mol. The molecule has 1 aromatic carbocycles. The van der Waals surface area contributed by atoms with Crippen molar-refractivity contribution in [1.82, 2.24) is 5.32 Å². The molecule has 1 rings (SSSR count). The van der Waals surface area contributed by atoms with E-state index < -0.39 is 6.10 Å². The minimum Gasteiger partial charge on any atom is -0.504 e. The Balaban J connectivity index is 2.13. The van der Waals surface area contributed by atoms with Gasteiger partial charge < -0.3 is 20.6 Å². The molecular formula is C16H27NO3. The van der Waals surface area contributed by atoms with Crippen molar-refractivity contribution in [2.75, 3.05) is 13.1 Å². The number of phenolic OH excluding ortho intramolecular Hbond substituents is 2. The molecule has 4 heteroatoms. The Kier molecular flexibility index (Phi) is 8.07. The molecule has 1 atom stereocenters. The first kappa shape index (κ1) is 16.8. The van der Waals surface area contributed by atoms with Gasteiger partial charge in [-0.25, -0.2) is 0 Å². The Bertz CT molecular complexity index is 382. The van der Waals surface area contributed by atoms with Gasteiger partial charge in [0.15, 0.2) is 11.5 Å². The summed E-state index contributed by atoms with van der Waals surface area (Å²) in [6.45, 7) is 3.57. The monoisotopic (exact) mass is 281 g/mol. The first-order valence-corrected chi connectivity index (χ1v) is 7.55. The van der Waals surface area contributed by atoms with Gasteiger partial charge in [-0.3, -0.25) is 0 Å². The lowest BCUT2D eigenvalue weighted by Gasteiger charge is -2.13. The average molecular weight is 281 g/mol. The standard InChI is InChI=1S/C16H27NO3/c1-2-3-4-5-6-7-10-17-12-16(20)13-8-9-14(18)15(19)11-13/h8-9,11,16-20H,2-7,10,12H2,1H3. The number of unbranched alkanes of at least 4 members (excludes halogenated alkanes) is 5. The number of hydrogen-bond acceptors (Lipinski definition) is 4. The molecular weight excluding hydrogens is 254 g/mol. The highest BCUT2D eigenvalue weighted by atomic mass is 16.3. The van der Waals surface area contributed by atoms with Crippen LogP contribution in [-0.2, 0) is 0 Å². The maximum absolute atomic E-state index is 9.95. The van der Waals surface area contributed by atoms with Crippen LogP contribution in [0.15, 0.2) is 18.2 Å². The van der Waals surface area contributed by atoms with Crippen molar-refractivity contribution in [2.45, 2.75) is 51.6 Å². The molecule has 0 aliphatic heterocycles. The fourth-order valence-corrected chi connectivity index (χ4v) is 2.13. The van der Waals surface area contributed by atoms with E-state index in [2.05, 4.69) is 12.2 Å². The van der Waals surface area contributed by atoms with Crippen molar-refractivity contribution in [3.8, 4) is 11.5 Å². The van der Waals surface area contributed by atoms with Gasteiger partial charge in [-0.2, -0.15) is 0 Å². The fourth-order valence-electron chi connectivity index (χ4n) is 2.13.